The molecule has 7 heteroatoms. The number of carbonyl (C=O) groups is 3. The van der Waals surface area contributed by atoms with Gasteiger partial charge in [0.05, 0.1) is 18.6 Å². The Hall–Kier alpha value is -1.89. The molecule has 37 heavy (non-hydrogen) atoms. The van der Waals surface area contributed by atoms with Gasteiger partial charge in [0.15, 0.2) is 0 Å². The summed E-state index contributed by atoms with van der Waals surface area (Å²) in [6.07, 6.45) is 5.28. The van der Waals surface area contributed by atoms with Gasteiger partial charge in [0.1, 0.15) is 12.2 Å². The van der Waals surface area contributed by atoms with Crippen LogP contribution in [0.1, 0.15) is 87.0 Å². The fourth-order valence-electron chi connectivity index (χ4n) is 10.1. The number of allylic oxidation sites excluding steroid dienone is 1. The molecule has 10 atom stereocenters. The molecule has 1 saturated heterocycles. The molecule has 7 nitrogen and oxygen atoms in total. The molecule has 0 amide bonds. The summed E-state index contributed by atoms with van der Waals surface area (Å²) < 4.78 is 17.3. The van der Waals surface area contributed by atoms with Gasteiger partial charge in [-0.15, -0.1) is 0 Å². The van der Waals surface area contributed by atoms with Gasteiger partial charge in [0, 0.05) is 36.5 Å². The van der Waals surface area contributed by atoms with E-state index in [9.17, 15) is 19.5 Å². The van der Waals surface area contributed by atoms with Crippen LogP contribution in [-0.2, 0) is 28.6 Å². The molecular weight excluding hydrogens is 472 g/mol. The second-order valence-corrected chi connectivity index (χ2v) is 13.7. The number of hydrogen-bond acceptors (Lipinski definition) is 7. The first-order chi connectivity index (χ1) is 17.2. The van der Waals surface area contributed by atoms with Crippen molar-refractivity contribution in [2.24, 2.45) is 45.3 Å². The Labute approximate surface area is 220 Å². The molecule has 4 aliphatic carbocycles. The quantitative estimate of drug-likeness (QED) is 0.332. The lowest BCUT2D eigenvalue weighted by Crippen LogP contribution is -2.70. The van der Waals surface area contributed by atoms with E-state index < -0.39 is 28.5 Å². The number of carbonyl (C=O) groups excluding carboxylic acids is 3. The maximum Gasteiger partial charge on any atom is 0.309 e. The predicted octanol–water partition coefficient (Wildman–Crippen LogP) is 4.60. The van der Waals surface area contributed by atoms with Gasteiger partial charge in [-0.05, 0) is 55.3 Å². The monoisotopic (exact) mass is 516 g/mol. The minimum absolute atomic E-state index is 0.0116. The summed E-state index contributed by atoms with van der Waals surface area (Å²) in [7, 11) is 0. The fourth-order valence-corrected chi connectivity index (χ4v) is 10.1. The van der Waals surface area contributed by atoms with Gasteiger partial charge >= 0.3 is 17.9 Å². The Morgan fingerprint density at radius 1 is 0.973 bits per heavy atom. The normalized spacial score (nSPS) is 48.2. The summed E-state index contributed by atoms with van der Waals surface area (Å²) in [5, 5.41) is 11.8. The van der Waals surface area contributed by atoms with E-state index in [1.807, 2.05) is 0 Å². The van der Waals surface area contributed by atoms with Gasteiger partial charge in [-0.3, -0.25) is 14.4 Å². The highest BCUT2D eigenvalue weighted by Crippen LogP contribution is 2.73. The highest BCUT2D eigenvalue weighted by molar-refractivity contribution is 5.75. The van der Waals surface area contributed by atoms with Gasteiger partial charge in [0.25, 0.3) is 0 Å². The molecule has 0 aromatic rings. The standard InChI is InChI=1S/C30H44O7/c1-16(31)36-24-15-23(33)29(6)21-10-12-28(5)19(18-11-13-35-26(18)34)8-9-20(28)30(21,7)25(37-17(2)32)14-22(29)27(24,3)4/h9,18-19,21-25,33H,8,10-15H2,1-7H3/t18-,19-,21?,22-,23-,24+,25+,28-,29+,30-/m0/s1. The third kappa shape index (κ3) is 3.58. The third-order valence-corrected chi connectivity index (χ3v) is 11.8. The van der Waals surface area contributed by atoms with Crippen LogP contribution in [0.2, 0.25) is 0 Å². The van der Waals surface area contributed by atoms with Crippen molar-refractivity contribution in [1.82, 2.24) is 0 Å². The van der Waals surface area contributed by atoms with Crippen molar-refractivity contribution in [3.8, 4) is 0 Å². The lowest BCUT2D eigenvalue weighted by Gasteiger charge is -2.69. The lowest BCUT2D eigenvalue weighted by molar-refractivity contribution is -0.258. The van der Waals surface area contributed by atoms with Crippen LogP contribution in [0.15, 0.2) is 11.6 Å². The van der Waals surface area contributed by atoms with Gasteiger partial charge in [-0.1, -0.05) is 46.3 Å². The minimum atomic E-state index is -0.649. The summed E-state index contributed by atoms with van der Waals surface area (Å²) in [6.45, 7) is 14.4. The summed E-state index contributed by atoms with van der Waals surface area (Å²) in [5.41, 5.74) is -0.208. The van der Waals surface area contributed by atoms with Crippen LogP contribution in [0, 0.1) is 45.3 Å². The van der Waals surface area contributed by atoms with Crippen LogP contribution in [-0.4, -0.2) is 47.9 Å². The van der Waals surface area contributed by atoms with Crippen LogP contribution in [0.5, 0.6) is 0 Å². The molecule has 206 valence electrons. The van der Waals surface area contributed by atoms with Crippen molar-refractivity contribution in [3.05, 3.63) is 11.6 Å². The Bertz CT molecular complexity index is 1030. The second kappa shape index (κ2) is 8.56. The van der Waals surface area contributed by atoms with Gasteiger partial charge in [0.2, 0.25) is 0 Å². The maximum absolute atomic E-state index is 12.6. The molecule has 1 aliphatic heterocycles. The molecule has 0 aromatic heterocycles. The maximum atomic E-state index is 12.6. The van der Waals surface area contributed by atoms with Crippen molar-refractivity contribution in [3.63, 3.8) is 0 Å². The molecule has 1 heterocycles. The van der Waals surface area contributed by atoms with Gasteiger partial charge in [-0.25, -0.2) is 0 Å². The summed E-state index contributed by atoms with van der Waals surface area (Å²) >= 11 is 0. The predicted molar refractivity (Wildman–Crippen MR) is 136 cm³/mol. The number of esters is 3. The van der Waals surface area contributed by atoms with E-state index in [1.165, 1.54) is 19.4 Å². The average Bonchev–Trinajstić information content (AvgIpc) is 3.36. The highest BCUT2D eigenvalue weighted by Gasteiger charge is 2.72. The molecule has 0 radical (unpaired) electrons. The van der Waals surface area contributed by atoms with Crippen LogP contribution in [0.3, 0.4) is 0 Å². The SMILES string of the molecule is CC(=O)O[C@@H]1C[C@H](O)[C@]2(C)C3CC[C@]4(C)C(=CC[C@H]4[C@@H]4CCOC4=O)[C@]3(C)[C@H](OC(C)=O)C[C@H]2C1(C)C. The molecule has 0 bridgehead atoms. The summed E-state index contributed by atoms with van der Waals surface area (Å²) in [4.78, 5) is 37.0. The Kier molecular flexibility index (Phi) is 6.18. The molecule has 0 aromatic carbocycles. The molecule has 1 unspecified atom stereocenters. The van der Waals surface area contributed by atoms with Crippen LogP contribution in [0.4, 0.5) is 0 Å². The molecule has 1 N–H and O–H groups in total. The van der Waals surface area contributed by atoms with Crippen molar-refractivity contribution in [2.75, 3.05) is 6.61 Å². The number of aliphatic hydroxyl groups is 1. The van der Waals surface area contributed by atoms with E-state index in [4.69, 9.17) is 14.2 Å². The molecule has 4 fully saturated rings. The van der Waals surface area contributed by atoms with E-state index in [0.717, 1.165) is 25.7 Å². The van der Waals surface area contributed by atoms with Gasteiger partial charge < -0.3 is 19.3 Å². The topological polar surface area (TPSA) is 99.1 Å². The molecule has 5 aliphatic rings. The zero-order valence-corrected chi connectivity index (χ0v) is 23.5. The van der Waals surface area contributed by atoms with Crippen molar-refractivity contribution in [1.29, 1.82) is 0 Å². The number of fused-ring (bicyclic) bond motifs is 5. The molecular formula is C30H44O7. The number of cyclic esters (lactones) is 1. The second-order valence-electron chi connectivity index (χ2n) is 13.7. The average molecular weight is 517 g/mol. The van der Waals surface area contributed by atoms with E-state index in [0.29, 0.717) is 19.4 Å². The smallest absolute Gasteiger partial charge is 0.309 e. The largest absolute Gasteiger partial charge is 0.465 e. The fraction of sp³-hybridized carbons (Fsp3) is 0.833. The number of hydrogen-bond donors (Lipinski definition) is 1. The molecule has 3 saturated carbocycles. The lowest BCUT2D eigenvalue weighted by atomic mass is 9.36. The van der Waals surface area contributed by atoms with E-state index in [1.54, 1.807) is 0 Å². The van der Waals surface area contributed by atoms with E-state index in [-0.39, 0.29) is 53.1 Å². The zero-order chi connectivity index (χ0) is 27.1. The van der Waals surface area contributed by atoms with Crippen LogP contribution in [0.25, 0.3) is 0 Å². The van der Waals surface area contributed by atoms with Crippen molar-refractivity contribution < 1.29 is 33.7 Å². The summed E-state index contributed by atoms with van der Waals surface area (Å²) in [5.74, 6) is -0.581. The van der Waals surface area contributed by atoms with E-state index >= 15 is 0 Å². The Balaban J connectivity index is 1.59. The van der Waals surface area contributed by atoms with Crippen LogP contribution < -0.4 is 0 Å². The number of ether oxygens (including phenoxy) is 3. The first-order valence-electron chi connectivity index (χ1n) is 14.1. The van der Waals surface area contributed by atoms with Crippen LogP contribution >= 0.6 is 0 Å². The summed E-state index contributed by atoms with van der Waals surface area (Å²) in [6, 6.07) is 0. The Morgan fingerprint density at radius 3 is 2.22 bits per heavy atom. The molecule has 0 spiro atoms. The van der Waals surface area contributed by atoms with Crippen molar-refractivity contribution in [2.45, 2.75) is 105 Å². The van der Waals surface area contributed by atoms with Gasteiger partial charge in [-0.2, -0.15) is 0 Å². The van der Waals surface area contributed by atoms with Crippen molar-refractivity contribution >= 4 is 17.9 Å². The highest BCUT2D eigenvalue weighted by atomic mass is 16.6. The third-order valence-electron chi connectivity index (χ3n) is 11.8. The first-order valence-corrected chi connectivity index (χ1v) is 14.1. The zero-order valence-electron chi connectivity index (χ0n) is 23.5. The number of rotatable bonds is 3. The molecule has 5 rings (SSSR count). The minimum Gasteiger partial charge on any atom is -0.465 e. The first kappa shape index (κ1) is 26.7. The Morgan fingerprint density at radius 2 is 1.62 bits per heavy atom. The number of aliphatic hydroxyl groups excluding tert-OH is 1. The van der Waals surface area contributed by atoms with E-state index in [2.05, 4.69) is 40.7 Å².